The molecule has 112 valence electrons. The fraction of sp³-hybridized carbons (Fsp3) is 0.533. The molecule has 0 aliphatic heterocycles. The zero-order chi connectivity index (χ0) is 15.0. The number of benzene rings is 1. The van der Waals surface area contributed by atoms with Gasteiger partial charge in [-0.2, -0.15) is 0 Å². The van der Waals surface area contributed by atoms with Crippen molar-refractivity contribution < 1.29 is 9.53 Å². The Balaban J connectivity index is 2.71. The molecule has 20 heavy (non-hydrogen) atoms. The normalized spacial score (nSPS) is 10.6. The molecule has 0 bridgehead atoms. The van der Waals surface area contributed by atoms with Crippen LogP contribution >= 0.6 is 0 Å². The van der Waals surface area contributed by atoms with Gasteiger partial charge in [0.1, 0.15) is 0 Å². The number of hydrogen-bond donors (Lipinski definition) is 2. The molecule has 0 amide bonds. The second-order valence-electron chi connectivity index (χ2n) is 4.48. The van der Waals surface area contributed by atoms with Gasteiger partial charge in [-0.3, -0.25) is 0 Å². The summed E-state index contributed by atoms with van der Waals surface area (Å²) in [5.41, 5.74) is 7.56. The van der Waals surface area contributed by atoms with E-state index in [4.69, 9.17) is 10.5 Å². The van der Waals surface area contributed by atoms with E-state index in [1.807, 2.05) is 6.07 Å². The standard InChI is InChI=1S/C15H25N3O2/c1-4-18(5-2)10-9-17-14-8-7-12(16)11-13(14)15(19)20-6-3/h7-8,11,17H,4-6,9-10,16H2,1-3H3. The summed E-state index contributed by atoms with van der Waals surface area (Å²) < 4.78 is 5.05. The highest BCUT2D eigenvalue weighted by Crippen LogP contribution is 2.19. The van der Waals surface area contributed by atoms with Crippen LogP contribution in [0.15, 0.2) is 18.2 Å². The zero-order valence-electron chi connectivity index (χ0n) is 12.6. The summed E-state index contributed by atoms with van der Waals surface area (Å²) in [6.45, 7) is 10.2. The third-order valence-electron chi connectivity index (χ3n) is 3.18. The Kier molecular flexibility index (Phi) is 6.87. The van der Waals surface area contributed by atoms with Gasteiger partial charge in [-0.05, 0) is 38.2 Å². The van der Waals surface area contributed by atoms with Gasteiger partial charge in [0.15, 0.2) is 0 Å². The third kappa shape index (κ3) is 4.74. The Bertz CT molecular complexity index is 431. The van der Waals surface area contributed by atoms with Crippen LogP contribution in [0, 0.1) is 0 Å². The summed E-state index contributed by atoms with van der Waals surface area (Å²) >= 11 is 0. The van der Waals surface area contributed by atoms with E-state index in [0.717, 1.165) is 31.9 Å². The van der Waals surface area contributed by atoms with Gasteiger partial charge in [-0.1, -0.05) is 13.8 Å². The maximum absolute atomic E-state index is 11.9. The lowest BCUT2D eigenvalue weighted by Crippen LogP contribution is -2.29. The molecule has 0 aliphatic carbocycles. The molecule has 0 aliphatic rings. The van der Waals surface area contributed by atoms with Gasteiger partial charge in [0.05, 0.1) is 12.2 Å². The van der Waals surface area contributed by atoms with E-state index in [1.54, 1.807) is 19.1 Å². The van der Waals surface area contributed by atoms with E-state index in [0.29, 0.717) is 17.9 Å². The summed E-state index contributed by atoms with van der Waals surface area (Å²) in [7, 11) is 0. The molecule has 0 saturated carbocycles. The van der Waals surface area contributed by atoms with Crippen molar-refractivity contribution in [2.45, 2.75) is 20.8 Å². The first kappa shape index (κ1) is 16.3. The van der Waals surface area contributed by atoms with Crippen LogP contribution in [0.1, 0.15) is 31.1 Å². The predicted octanol–water partition coefficient (Wildman–Crippen LogP) is 2.20. The molecule has 0 fully saturated rings. The molecule has 0 saturated heterocycles. The lowest BCUT2D eigenvalue weighted by Gasteiger charge is -2.19. The molecule has 1 aromatic rings. The van der Waals surface area contributed by atoms with Crippen molar-refractivity contribution in [2.75, 3.05) is 43.8 Å². The Morgan fingerprint density at radius 3 is 2.60 bits per heavy atom. The topological polar surface area (TPSA) is 67.6 Å². The molecule has 3 N–H and O–H groups in total. The number of rotatable bonds is 8. The van der Waals surface area contributed by atoms with E-state index < -0.39 is 0 Å². The number of nitrogens with two attached hydrogens (primary N) is 1. The van der Waals surface area contributed by atoms with Crippen LogP contribution in [0.5, 0.6) is 0 Å². The lowest BCUT2D eigenvalue weighted by atomic mass is 10.1. The highest BCUT2D eigenvalue weighted by atomic mass is 16.5. The second-order valence-corrected chi connectivity index (χ2v) is 4.48. The zero-order valence-corrected chi connectivity index (χ0v) is 12.6. The first-order chi connectivity index (χ1) is 9.62. The van der Waals surface area contributed by atoms with Gasteiger partial charge in [0.25, 0.3) is 0 Å². The van der Waals surface area contributed by atoms with Crippen LogP contribution in [-0.2, 0) is 4.74 Å². The number of carbonyl (C=O) groups is 1. The van der Waals surface area contributed by atoms with Crippen molar-refractivity contribution in [1.29, 1.82) is 0 Å². The molecule has 5 heteroatoms. The van der Waals surface area contributed by atoms with Gasteiger partial charge >= 0.3 is 5.97 Å². The molecule has 0 aromatic heterocycles. The molecule has 0 unspecified atom stereocenters. The SMILES string of the molecule is CCOC(=O)c1cc(N)ccc1NCCN(CC)CC. The highest BCUT2D eigenvalue weighted by Gasteiger charge is 2.13. The number of nitrogens with zero attached hydrogens (tertiary/aromatic N) is 1. The van der Waals surface area contributed by atoms with Crippen LogP contribution in [0.25, 0.3) is 0 Å². The van der Waals surface area contributed by atoms with E-state index in [2.05, 4.69) is 24.1 Å². The summed E-state index contributed by atoms with van der Waals surface area (Å²) in [6, 6.07) is 5.25. The minimum absolute atomic E-state index is 0.342. The molecule has 0 atom stereocenters. The van der Waals surface area contributed by atoms with Crippen LogP contribution in [-0.4, -0.2) is 43.7 Å². The number of nitrogen functional groups attached to an aromatic ring is 1. The third-order valence-corrected chi connectivity index (χ3v) is 3.18. The van der Waals surface area contributed by atoms with E-state index in [-0.39, 0.29) is 5.97 Å². The first-order valence-electron chi connectivity index (χ1n) is 7.15. The Hall–Kier alpha value is -1.75. The number of nitrogens with one attached hydrogen (secondary N) is 1. The molecule has 0 heterocycles. The summed E-state index contributed by atoms with van der Waals surface area (Å²) in [5, 5.41) is 3.28. The number of esters is 1. The van der Waals surface area contributed by atoms with Crippen molar-refractivity contribution in [3.05, 3.63) is 23.8 Å². The van der Waals surface area contributed by atoms with E-state index >= 15 is 0 Å². The number of likely N-dealkylation sites (N-methyl/N-ethyl adjacent to an activating group) is 1. The van der Waals surface area contributed by atoms with Crippen LogP contribution in [0.2, 0.25) is 0 Å². The summed E-state index contributed by atoms with van der Waals surface area (Å²) in [5.74, 6) is -0.342. The maximum Gasteiger partial charge on any atom is 0.340 e. The molecule has 5 nitrogen and oxygen atoms in total. The molecular formula is C15H25N3O2. The largest absolute Gasteiger partial charge is 0.462 e. The van der Waals surface area contributed by atoms with Crippen LogP contribution in [0.3, 0.4) is 0 Å². The van der Waals surface area contributed by atoms with Gasteiger partial charge in [-0.15, -0.1) is 0 Å². The molecule has 1 rings (SSSR count). The van der Waals surface area contributed by atoms with Gasteiger partial charge in [0.2, 0.25) is 0 Å². The molecule has 1 aromatic carbocycles. The monoisotopic (exact) mass is 279 g/mol. The molecular weight excluding hydrogens is 254 g/mol. The number of carbonyl (C=O) groups excluding carboxylic acids is 1. The van der Waals surface area contributed by atoms with Crippen LogP contribution < -0.4 is 11.1 Å². The van der Waals surface area contributed by atoms with Crippen LogP contribution in [0.4, 0.5) is 11.4 Å². The number of ether oxygens (including phenoxy) is 1. The second kappa shape index (κ2) is 8.43. The minimum Gasteiger partial charge on any atom is -0.462 e. The fourth-order valence-electron chi connectivity index (χ4n) is 1.98. The minimum atomic E-state index is -0.342. The Morgan fingerprint density at radius 2 is 2.00 bits per heavy atom. The highest BCUT2D eigenvalue weighted by molar-refractivity contribution is 5.96. The van der Waals surface area contributed by atoms with Gasteiger partial charge < -0.3 is 20.7 Å². The van der Waals surface area contributed by atoms with Crippen molar-refractivity contribution in [3.63, 3.8) is 0 Å². The van der Waals surface area contributed by atoms with Crippen molar-refractivity contribution in [1.82, 2.24) is 4.90 Å². The Labute approximate surface area is 121 Å². The van der Waals surface area contributed by atoms with Crippen molar-refractivity contribution >= 4 is 17.3 Å². The van der Waals surface area contributed by atoms with Gasteiger partial charge in [0, 0.05) is 24.5 Å². The molecule has 0 radical (unpaired) electrons. The van der Waals surface area contributed by atoms with Crippen molar-refractivity contribution in [2.24, 2.45) is 0 Å². The quantitative estimate of drug-likeness (QED) is 0.564. The fourth-order valence-corrected chi connectivity index (χ4v) is 1.98. The lowest BCUT2D eigenvalue weighted by molar-refractivity contribution is 0.0527. The average Bonchev–Trinajstić information content (AvgIpc) is 2.45. The van der Waals surface area contributed by atoms with Crippen molar-refractivity contribution in [3.8, 4) is 0 Å². The van der Waals surface area contributed by atoms with E-state index in [1.165, 1.54) is 0 Å². The summed E-state index contributed by atoms with van der Waals surface area (Å²) in [4.78, 5) is 14.2. The number of hydrogen-bond acceptors (Lipinski definition) is 5. The number of anilines is 2. The van der Waals surface area contributed by atoms with Gasteiger partial charge in [-0.25, -0.2) is 4.79 Å². The summed E-state index contributed by atoms with van der Waals surface area (Å²) in [6.07, 6.45) is 0. The Morgan fingerprint density at radius 1 is 1.30 bits per heavy atom. The maximum atomic E-state index is 11.9. The smallest absolute Gasteiger partial charge is 0.340 e. The predicted molar refractivity (Wildman–Crippen MR) is 83.1 cm³/mol. The average molecular weight is 279 g/mol. The van der Waals surface area contributed by atoms with E-state index in [9.17, 15) is 4.79 Å². The first-order valence-corrected chi connectivity index (χ1v) is 7.15. The molecule has 0 spiro atoms.